The van der Waals surface area contributed by atoms with Gasteiger partial charge in [-0.05, 0) is 18.2 Å². The van der Waals surface area contributed by atoms with Gasteiger partial charge in [-0.25, -0.2) is 4.98 Å². The SMILES string of the molecule is C1=CN(c2cc(Nc3cccnc3)c3ccn(-c4ccn[nH]4)c3n2)CCO1.CC. The van der Waals surface area contributed by atoms with Crippen LogP contribution in [0.5, 0.6) is 0 Å². The van der Waals surface area contributed by atoms with Gasteiger partial charge < -0.3 is 15.0 Å². The minimum Gasteiger partial charge on any atom is -0.498 e. The highest BCUT2D eigenvalue weighted by Gasteiger charge is 2.16. The molecule has 4 aromatic rings. The molecule has 0 amide bonds. The first-order valence-corrected chi connectivity index (χ1v) is 9.62. The molecule has 29 heavy (non-hydrogen) atoms. The molecule has 0 bridgehead atoms. The first kappa shape index (κ1) is 18.5. The van der Waals surface area contributed by atoms with Crippen LogP contribution in [-0.2, 0) is 4.74 Å². The van der Waals surface area contributed by atoms with Crippen LogP contribution in [0.4, 0.5) is 17.2 Å². The van der Waals surface area contributed by atoms with Crippen molar-refractivity contribution in [3.63, 3.8) is 0 Å². The number of rotatable bonds is 4. The van der Waals surface area contributed by atoms with Crippen LogP contribution >= 0.6 is 0 Å². The highest BCUT2D eigenvalue weighted by molar-refractivity contribution is 5.94. The average Bonchev–Trinajstić information content (AvgIpc) is 3.46. The third-order valence-electron chi connectivity index (χ3n) is 4.41. The van der Waals surface area contributed by atoms with E-state index >= 15 is 0 Å². The number of ether oxygens (including phenoxy) is 1. The predicted octanol–water partition coefficient (Wildman–Crippen LogP) is 4.22. The summed E-state index contributed by atoms with van der Waals surface area (Å²) in [7, 11) is 0. The smallest absolute Gasteiger partial charge is 0.150 e. The summed E-state index contributed by atoms with van der Waals surface area (Å²) >= 11 is 0. The zero-order chi connectivity index (χ0) is 20.1. The highest BCUT2D eigenvalue weighted by Crippen LogP contribution is 2.31. The van der Waals surface area contributed by atoms with E-state index in [1.54, 1.807) is 24.9 Å². The summed E-state index contributed by atoms with van der Waals surface area (Å²) in [6, 6.07) is 9.89. The summed E-state index contributed by atoms with van der Waals surface area (Å²) in [6.07, 6.45) is 10.9. The molecule has 0 aliphatic carbocycles. The highest BCUT2D eigenvalue weighted by atomic mass is 16.5. The van der Waals surface area contributed by atoms with E-state index in [0.717, 1.165) is 40.6 Å². The van der Waals surface area contributed by atoms with Gasteiger partial charge in [0.05, 0.1) is 36.6 Å². The molecular formula is C21H23N7O. The van der Waals surface area contributed by atoms with Crippen molar-refractivity contribution >= 4 is 28.2 Å². The van der Waals surface area contributed by atoms with Crippen molar-refractivity contribution in [2.24, 2.45) is 0 Å². The van der Waals surface area contributed by atoms with Gasteiger partial charge in [-0.3, -0.25) is 14.6 Å². The fourth-order valence-corrected chi connectivity index (χ4v) is 3.12. The van der Waals surface area contributed by atoms with Crippen LogP contribution in [0.3, 0.4) is 0 Å². The van der Waals surface area contributed by atoms with Gasteiger partial charge >= 0.3 is 0 Å². The first-order valence-electron chi connectivity index (χ1n) is 9.62. The van der Waals surface area contributed by atoms with Crippen molar-refractivity contribution < 1.29 is 4.74 Å². The summed E-state index contributed by atoms with van der Waals surface area (Å²) in [5.74, 6) is 1.70. The Morgan fingerprint density at radius 2 is 2.10 bits per heavy atom. The van der Waals surface area contributed by atoms with Crippen LogP contribution in [0.15, 0.2) is 67.6 Å². The summed E-state index contributed by atoms with van der Waals surface area (Å²) < 4.78 is 7.30. The van der Waals surface area contributed by atoms with Crippen molar-refractivity contribution in [2.75, 3.05) is 23.4 Å². The van der Waals surface area contributed by atoms with E-state index in [9.17, 15) is 0 Å². The monoisotopic (exact) mass is 389 g/mol. The number of fused-ring (bicyclic) bond motifs is 1. The molecule has 1 aliphatic rings. The maximum atomic E-state index is 5.31. The molecular weight excluding hydrogens is 366 g/mol. The Morgan fingerprint density at radius 3 is 2.83 bits per heavy atom. The largest absolute Gasteiger partial charge is 0.498 e. The van der Waals surface area contributed by atoms with Gasteiger partial charge in [-0.1, -0.05) is 13.8 Å². The van der Waals surface area contributed by atoms with Crippen molar-refractivity contribution in [3.8, 4) is 5.82 Å². The van der Waals surface area contributed by atoms with E-state index in [4.69, 9.17) is 9.72 Å². The molecule has 8 nitrogen and oxygen atoms in total. The van der Waals surface area contributed by atoms with E-state index in [1.807, 2.05) is 61.1 Å². The second kappa shape index (κ2) is 8.47. The van der Waals surface area contributed by atoms with Crippen LogP contribution in [-0.4, -0.2) is 37.9 Å². The number of nitrogens with one attached hydrogen (secondary N) is 2. The molecule has 4 aromatic heterocycles. The van der Waals surface area contributed by atoms with Crippen LogP contribution < -0.4 is 10.2 Å². The molecule has 0 atom stereocenters. The fraction of sp³-hybridized carbons (Fsp3) is 0.190. The summed E-state index contributed by atoms with van der Waals surface area (Å²) in [6.45, 7) is 5.37. The fourth-order valence-electron chi connectivity index (χ4n) is 3.12. The Labute approximate surface area is 168 Å². The zero-order valence-corrected chi connectivity index (χ0v) is 16.4. The summed E-state index contributed by atoms with van der Waals surface area (Å²) in [5.41, 5.74) is 2.71. The van der Waals surface area contributed by atoms with Crippen molar-refractivity contribution in [2.45, 2.75) is 13.8 Å². The number of anilines is 3. The quantitative estimate of drug-likeness (QED) is 0.544. The third kappa shape index (κ3) is 3.77. The van der Waals surface area contributed by atoms with E-state index in [1.165, 1.54) is 0 Å². The molecule has 0 radical (unpaired) electrons. The molecule has 0 spiro atoms. The number of H-pyrrole nitrogens is 1. The van der Waals surface area contributed by atoms with Crippen molar-refractivity contribution in [1.82, 2.24) is 24.7 Å². The second-order valence-corrected chi connectivity index (χ2v) is 6.11. The molecule has 5 heterocycles. The summed E-state index contributed by atoms with van der Waals surface area (Å²) in [5, 5.41) is 11.5. The Hall–Kier alpha value is -3.81. The first-order chi connectivity index (χ1) is 14.4. The van der Waals surface area contributed by atoms with Gasteiger partial charge in [-0.2, -0.15) is 5.10 Å². The number of aromatic nitrogens is 5. The molecule has 148 valence electrons. The lowest BCUT2D eigenvalue weighted by molar-refractivity contribution is 0.245. The van der Waals surface area contributed by atoms with Crippen LogP contribution in [0.25, 0.3) is 16.9 Å². The average molecular weight is 389 g/mol. The Bertz CT molecular complexity index is 1090. The minimum absolute atomic E-state index is 0.628. The molecule has 2 N–H and O–H groups in total. The molecule has 0 unspecified atom stereocenters. The van der Waals surface area contributed by atoms with E-state index in [0.29, 0.717) is 6.61 Å². The molecule has 0 fully saturated rings. The molecule has 8 heteroatoms. The van der Waals surface area contributed by atoms with Crippen LogP contribution in [0.1, 0.15) is 13.8 Å². The second-order valence-electron chi connectivity index (χ2n) is 6.11. The molecule has 0 aromatic carbocycles. The minimum atomic E-state index is 0.628. The number of pyridine rings is 2. The molecule has 1 aliphatic heterocycles. The van der Waals surface area contributed by atoms with E-state index in [-0.39, 0.29) is 0 Å². The number of aromatic amines is 1. The number of nitrogens with zero attached hydrogens (tertiary/aromatic N) is 5. The van der Waals surface area contributed by atoms with Gasteiger partial charge in [0.1, 0.15) is 23.9 Å². The van der Waals surface area contributed by atoms with E-state index in [2.05, 4.69) is 25.4 Å². The zero-order valence-electron chi connectivity index (χ0n) is 16.4. The van der Waals surface area contributed by atoms with Crippen LogP contribution in [0.2, 0.25) is 0 Å². The molecule has 5 rings (SSSR count). The van der Waals surface area contributed by atoms with E-state index < -0.39 is 0 Å². The van der Waals surface area contributed by atoms with Crippen molar-refractivity contribution in [1.29, 1.82) is 0 Å². The molecule has 0 saturated heterocycles. The lowest BCUT2D eigenvalue weighted by Gasteiger charge is -2.23. The predicted molar refractivity (Wildman–Crippen MR) is 115 cm³/mol. The molecule has 0 saturated carbocycles. The van der Waals surface area contributed by atoms with Crippen LogP contribution in [0, 0.1) is 0 Å². The van der Waals surface area contributed by atoms with Crippen molar-refractivity contribution in [3.05, 3.63) is 67.6 Å². The normalized spacial score (nSPS) is 13.0. The standard InChI is InChI=1S/C19H17N7O.C2H6/c1-2-14(13-20-5-1)22-16-12-18(25-8-10-27-11-9-25)23-19-15(16)4-7-26(19)17-3-6-21-24-17;1-2/h1-8,10,12-13H,9,11H2,(H,21,24)(H,22,23);1-2H3. The Balaban J connectivity index is 0.000000994. The number of hydrogen-bond donors (Lipinski definition) is 2. The Kier molecular flexibility index (Phi) is 5.42. The lowest BCUT2D eigenvalue weighted by Crippen LogP contribution is -2.25. The lowest BCUT2D eigenvalue weighted by atomic mass is 10.2. The maximum absolute atomic E-state index is 5.31. The van der Waals surface area contributed by atoms with Gasteiger partial charge in [0.2, 0.25) is 0 Å². The van der Waals surface area contributed by atoms with Gasteiger partial charge in [0.15, 0.2) is 0 Å². The Morgan fingerprint density at radius 1 is 1.17 bits per heavy atom. The van der Waals surface area contributed by atoms with Gasteiger partial charge in [-0.15, -0.1) is 0 Å². The maximum Gasteiger partial charge on any atom is 0.150 e. The van der Waals surface area contributed by atoms with Gasteiger partial charge in [0.25, 0.3) is 0 Å². The third-order valence-corrected chi connectivity index (χ3v) is 4.41. The van der Waals surface area contributed by atoms with Gasteiger partial charge in [0, 0.05) is 36.1 Å². The summed E-state index contributed by atoms with van der Waals surface area (Å²) in [4.78, 5) is 11.2. The number of hydrogen-bond acceptors (Lipinski definition) is 6. The topological polar surface area (TPSA) is 83.9 Å².